The number of anilines is 2. The van der Waals surface area contributed by atoms with Gasteiger partial charge in [-0.25, -0.2) is 9.69 Å². The number of para-hydroxylation sites is 1. The number of carbonyl (C=O) groups excluding carboxylic acids is 1. The third-order valence-electron chi connectivity index (χ3n) is 3.22. The zero-order valence-electron chi connectivity index (χ0n) is 12.9. The summed E-state index contributed by atoms with van der Waals surface area (Å²) >= 11 is 5.77. The lowest BCUT2D eigenvalue weighted by atomic mass is 10.3. The van der Waals surface area contributed by atoms with Gasteiger partial charge >= 0.3 is 12.3 Å². The van der Waals surface area contributed by atoms with E-state index >= 15 is 0 Å². The molecule has 0 saturated carbocycles. The van der Waals surface area contributed by atoms with Crippen molar-refractivity contribution in [1.29, 1.82) is 0 Å². The molecular formula is C17H10ClF3N2O3. The molecule has 0 fully saturated rings. The maximum Gasteiger partial charge on any atom is 0.436 e. The van der Waals surface area contributed by atoms with E-state index in [0.29, 0.717) is 11.1 Å². The maximum atomic E-state index is 12.8. The number of hydrogen-bond donors (Lipinski definition) is 0. The van der Waals surface area contributed by atoms with Gasteiger partial charge in [0.25, 0.3) is 0 Å². The lowest BCUT2D eigenvalue weighted by Gasteiger charge is -2.18. The van der Waals surface area contributed by atoms with E-state index in [4.69, 9.17) is 20.9 Å². The highest BCUT2D eigenvalue weighted by Crippen LogP contribution is 2.34. The van der Waals surface area contributed by atoms with Crippen molar-refractivity contribution in [3.05, 3.63) is 71.4 Å². The number of amides is 1. The van der Waals surface area contributed by atoms with Crippen LogP contribution in [-0.4, -0.2) is 11.2 Å². The van der Waals surface area contributed by atoms with Crippen LogP contribution in [-0.2, 0) is 6.18 Å². The molecule has 0 atom stereocenters. The van der Waals surface area contributed by atoms with Crippen LogP contribution in [0, 0.1) is 0 Å². The molecule has 0 unspecified atom stereocenters. The van der Waals surface area contributed by atoms with Crippen molar-refractivity contribution in [2.45, 2.75) is 6.18 Å². The van der Waals surface area contributed by atoms with Gasteiger partial charge in [-0.05, 0) is 36.4 Å². The molecule has 3 rings (SSSR count). The number of halogens is 4. The van der Waals surface area contributed by atoms with Gasteiger partial charge in [0.15, 0.2) is 5.69 Å². The summed E-state index contributed by atoms with van der Waals surface area (Å²) in [6.45, 7) is 0. The summed E-state index contributed by atoms with van der Waals surface area (Å²) < 4.78 is 48.3. The summed E-state index contributed by atoms with van der Waals surface area (Å²) in [4.78, 5) is 13.4. The Morgan fingerprint density at radius 3 is 2.31 bits per heavy atom. The van der Waals surface area contributed by atoms with Gasteiger partial charge in [0.1, 0.15) is 5.75 Å². The molecule has 0 radical (unpaired) electrons. The van der Waals surface area contributed by atoms with Gasteiger partial charge in [-0.3, -0.25) is 0 Å². The number of ether oxygens (including phenoxy) is 1. The minimum atomic E-state index is -4.70. The van der Waals surface area contributed by atoms with Crippen LogP contribution in [0.1, 0.15) is 5.69 Å². The second-order valence-electron chi connectivity index (χ2n) is 5.04. The predicted molar refractivity (Wildman–Crippen MR) is 87.6 cm³/mol. The van der Waals surface area contributed by atoms with Crippen LogP contribution in [0.3, 0.4) is 0 Å². The molecule has 0 bridgehead atoms. The van der Waals surface area contributed by atoms with E-state index in [2.05, 4.69) is 5.16 Å². The molecule has 26 heavy (non-hydrogen) atoms. The molecule has 0 aliphatic rings. The summed E-state index contributed by atoms with van der Waals surface area (Å²) in [5.41, 5.74) is -1.01. The van der Waals surface area contributed by atoms with Crippen molar-refractivity contribution in [1.82, 2.24) is 5.16 Å². The third-order valence-corrected chi connectivity index (χ3v) is 3.48. The molecule has 0 saturated heterocycles. The van der Waals surface area contributed by atoms with Crippen LogP contribution >= 0.6 is 11.6 Å². The molecular weight excluding hydrogens is 373 g/mol. The molecule has 0 aliphatic carbocycles. The van der Waals surface area contributed by atoms with Crippen molar-refractivity contribution in [3.63, 3.8) is 0 Å². The molecule has 1 aromatic heterocycles. The first-order valence-electron chi connectivity index (χ1n) is 7.21. The van der Waals surface area contributed by atoms with Gasteiger partial charge in [-0.2, -0.15) is 13.2 Å². The van der Waals surface area contributed by atoms with Crippen LogP contribution in [0.25, 0.3) is 0 Å². The Labute approximate surface area is 150 Å². The Balaban J connectivity index is 1.94. The highest BCUT2D eigenvalue weighted by molar-refractivity contribution is 6.30. The van der Waals surface area contributed by atoms with Crippen LogP contribution in [0.5, 0.6) is 5.75 Å². The van der Waals surface area contributed by atoms with Gasteiger partial charge < -0.3 is 9.26 Å². The first-order valence-corrected chi connectivity index (χ1v) is 7.59. The van der Waals surface area contributed by atoms with Crippen molar-refractivity contribution in [3.8, 4) is 5.75 Å². The standard InChI is InChI=1S/C17H10ClF3N2O3/c18-11-6-8-13(9-7-11)25-16(24)23(12-4-2-1-3-5-12)15-10-14(22-26-15)17(19,20)21/h1-10H. The normalized spacial score (nSPS) is 11.2. The molecule has 3 aromatic rings. The quantitative estimate of drug-likeness (QED) is 0.584. The minimum Gasteiger partial charge on any atom is -0.410 e. The Hall–Kier alpha value is -3.00. The molecule has 0 spiro atoms. The van der Waals surface area contributed by atoms with E-state index < -0.39 is 23.8 Å². The van der Waals surface area contributed by atoms with Crippen LogP contribution < -0.4 is 9.64 Å². The number of aromatic nitrogens is 1. The zero-order chi connectivity index (χ0) is 18.7. The minimum absolute atomic E-state index is 0.163. The molecule has 134 valence electrons. The number of rotatable bonds is 3. The first kappa shape index (κ1) is 17.8. The van der Waals surface area contributed by atoms with Gasteiger partial charge in [0.05, 0.1) is 5.69 Å². The summed E-state index contributed by atoms with van der Waals surface area (Å²) in [7, 11) is 0. The van der Waals surface area contributed by atoms with Crippen LogP contribution in [0.15, 0.2) is 65.2 Å². The van der Waals surface area contributed by atoms with Gasteiger partial charge in [0, 0.05) is 11.1 Å². The largest absolute Gasteiger partial charge is 0.436 e. The number of hydrogen-bond acceptors (Lipinski definition) is 4. The summed E-state index contributed by atoms with van der Waals surface area (Å²) in [6, 6.07) is 14.5. The van der Waals surface area contributed by atoms with E-state index in [0.717, 1.165) is 4.90 Å². The fourth-order valence-corrected chi connectivity index (χ4v) is 2.18. The fourth-order valence-electron chi connectivity index (χ4n) is 2.05. The second kappa shape index (κ2) is 7.09. The zero-order valence-corrected chi connectivity index (χ0v) is 13.7. The topological polar surface area (TPSA) is 55.6 Å². The smallest absolute Gasteiger partial charge is 0.410 e. The summed E-state index contributed by atoms with van der Waals surface area (Å²) in [5, 5.41) is 3.41. The van der Waals surface area contributed by atoms with E-state index in [1.807, 2.05) is 0 Å². The lowest BCUT2D eigenvalue weighted by molar-refractivity contribution is -0.142. The van der Waals surface area contributed by atoms with Crippen molar-refractivity contribution < 1.29 is 27.2 Å². The SMILES string of the molecule is O=C(Oc1ccc(Cl)cc1)N(c1ccccc1)c1cc(C(F)(F)F)no1. The van der Waals surface area contributed by atoms with Gasteiger partial charge in [-0.1, -0.05) is 35.0 Å². The van der Waals surface area contributed by atoms with Crippen molar-refractivity contribution in [2.75, 3.05) is 4.90 Å². The molecule has 2 aromatic carbocycles. The Morgan fingerprint density at radius 2 is 1.73 bits per heavy atom. The summed E-state index contributed by atoms with van der Waals surface area (Å²) in [6.07, 6.45) is -5.67. The van der Waals surface area contributed by atoms with E-state index in [1.165, 1.54) is 36.4 Å². The van der Waals surface area contributed by atoms with Gasteiger partial charge in [-0.15, -0.1) is 0 Å². The highest BCUT2D eigenvalue weighted by atomic mass is 35.5. The average molecular weight is 383 g/mol. The van der Waals surface area contributed by atoms with Crippen molar-refractivity contribution >= 4 is 29.3 Å². The fraction of sp³-hybridized carbons (Fsp3) is 0.0588. The van der Waals surface area contributed by atoms with Crippen molar-refractivity contribution in [2.24, 2.45) is 0 Å². The molecule has 0 aliphatic heterocycles. The highest BCUT2D eigenvalue weighted by Gasteiger charge is 2.37. The molecule has 9 heteroatoms. The maximum absolute atomic E-state index is 12.8. The number of carbonyl (C=O) groups is 1. The van der Waals surface area contributed by atoms with Crippen LogP contribution in [0.2, 0.25) is 5.02 Å². The Bertz CT molecular complexity index is 896. The second-order valence-corrected chi connectivity index (χ2v) is 5.48. The number of alkyl halides is 3. The molecule has 0 N–H and O–H groups in total. The number of nitrogens with zero attached hydrogens (tertiary/aromatic N) is 2. The van der Waals surface area contributed by atoms with E-state index in [1.54, 1.807) is 18.2 Å². The molecule has 1 amide bonds. The molecule has 5 nitrogen and oxygen atoms in total. The average Bonchev–Trinajstić information content (AvgIpc) is 3.08. The van der Waals surface area contributed by atoms with Crippen LogP contribution in [0.4, 0.5) is 29.5 Å². The Kier molecular flexibility index (Phi) is 4.85. The lowest BCUT2D eigenvalue weighted by Crippen LogP contribution is -2.28. The predicted octanol–water partition coefficient (Wildman–Crippen LogP) is 5.68. The first-order chi connectivity index (χ1) is 12.3. The summed E-state index contributed by atoms with van der Waals surface area (Å²) in [5.74, 6) is -0.265. The number of benzene rings is 2. The van der Waals surface area contributed by atoms with E-state index in [-0.39, 0.29) is 11.4 Å². The van der Waals surface area contributed by atoms with E-state index in [9.17, 15) is 18.0 Å². The Morgan fingerprint density at radius 1 is 1.08 bits per heavy atom. The monoisotopic (exact) mass is 382 g/mol. The van der Waals surface area contributed by atoms with Gasteiger partial charge in [0.2, 0.25) is 5.88 Å². The third kappa shape index (κ3) is 3.97. The molecule has 1 heterocycles.